The van der Waals surface area contributed by atoms with Gasteiger partial charge in [0.1, 0.15) is 11.4 Å². The van der Waals surface area contributed by atoms with E-state index in [1.165, 1.54) is 44.9 Å². The molecule has 28 heavy (non-hydrogen) atoms. The van der Waals surface area contributed by atoms with Gasteiger partial charge in [-0.1, -0.05) is 78.1 Å². The van der Waals surface area contributed by atoms with Gasteiger partial charge in [0.2, 0.25) is 0 Å². The van der Waals surface area contributed by atoms with E-state index in [0.29, 0.717) is 6.42 Å². The maximum atomic E-state index is 12.1. The summed E-state index contributed by atoms with van der Waals surface area (Å²) in [7, 11) is 3.31. The van der Waals surface area contributed by atoms with Crippen LogP contribution in [-0.4, -0.2) is 30.9 Å². The smallest absolute Gasteiger partial charge is 0.309 e. The lowest BCUT2D eigenvalue weighted by Crippen LogP contribution is -2.49. The van der Waals surface area contributed by atoms with Crippen molar-refractivity contribution in [1.29, 1.82) is 0 Å². The molecule has 0 fully saturated rings. The van der Waals surface area contributed by atoms with Crippen LogP contribution in [0.3, 0.4) is 0 Å². The molecule has 1 aliphatic rings. The van der Waals surface area contributed by atoms with Gasteiger partial charge in [0.25, 0.3) is 0 Å². The van der Waals surface area contributed by atoms with Crippen LogP contribution in [-0.2, 0) is 14.3 Å². The number of carbonyl (C=O) groups is 1. The van der Waals surface area contributed by atoms with Crippen LogP contribution in [0.1, 0.15) is 90.9 Å². The molecule has 4 nitrogen and oxygen atoms in total. The molecule has 0 saturated heterocycles. The minimum Gasteiger partial charge on any atom is -0.497 e. The molecule has 162 valence electrons. The van der Waals surface area contributed by atoms with Crippen LogP contribution in [0.25, 0.3) is 0 Å². The van der Waals surface area contributed by atoms with Crippen LogP contribution in [0.5, 0.6) is 0 Å². The SMILES string of the molecule is CCCCCCCCCCC1C=C(OC)C=CC1(OC)C(CCCC)C(=O)O. The number of methoxy groups -OCH3 is 2. The maximum Gasteiger partial charge on any atom is 0.309 e. The van der Waals surface area contributed by atoms with Crippen molar-refractivity contribution in [3.8, 4) is 0 Å². The van der Waals surface area contributed by atoms with Crippen molar-refractivity contribution in [2.24, 2.45) is 11.8 Å². The van der Waals surface area contributed by atoms with Gasteiger partial charge in [0.15, 0.2) is 0 Å². The zero-order valence-electron chi connectivity index (χ0n) is 18.5. The van der Waals surface area contributed by atoms with Crippen molar-refractivity contribution in [3.63, 3.8) is 0 Å². The molecule has 0 heterocycles. The molecule has 1 aliphatic carbocycles. The first-order valence-electron chi connectivity index (χ1n) is 11.3. The highest BCUT2D eigenvalue weighted by Gasteiger charge is 2.47. The number of rotatable bonds is 16. The van der Waals surface area contributed by atoms with E-state index in [1.807, 2.05) is 12.2 Å². The zero-order valence-corrected chi connectivity index (χ0v) is 18.5. The first-order valence-corrected chi connectivity index (χ1v) is 11.3. The van der Waals surface area contributed by atoms with Crippen molar-refractivity contribution in [3.05, 3.63) is 24.0 Å². The number of allylic oxidation sites excluding steroid dienone is 1. The van der Waals surface area contributed by atoms with Crippen molar-refractivity contribution in [2.75, 3.05) is 14.2 Å². The summed E-state index contributed by atoms with van der Waals surface area (Å²) in [6.45, 7) is 4.34. The van der Waals surface area contributed by atoms with Crippen molar-refractivity contribution in [1.82, 2.24) is 0 Å². The summed E-state index contributed by atoms with van der Waals surface area (Å²) >= 11 is 0. The Kier molecular flexibility index (Phi) is 12.2. The molecule has 4 heteroatoms. The fourth-order valence-electron chi connectivity index (χ4n) is 4.35. The summed E-state index contributed by atoms with van der Waals surface area (Å²) in [5.74, 6) is -0.482. The standard InChI is InChI=1S/C24H42O4/c1-5-7-9-10-11-12-13-14-15-20-19-21(27-3)17-18-24(20,28-4)22(23(25)26)16-8-6-2/h17-20,22H,5-16H2,1-4H3,(H,25,26). The molecule has 0 aromatic carbocycles. The Labute approximate surface area is 172 Å². The molecule has 0 spiro atoms. The predicted molar refractivity (Wildman–Crippen MR) is 115 cm³/mol. The molecule has 0 amide bonds. The Morgan fingerprint density at radius 1 is 1.04 bits per heavy atom. The van der Waals surface area contributed by atoms with Gasteiger partial charge in [-0.15, -0.1) is 0 Å². The largest absolute Gasteiger partial charge is 0.497 e. The third-order valence-corrected chi connectivity index (χ3v) is 6.10. The highest BCUT2D eigenvalue weighted by atomic mass is 16.5. The molecule has 0 saturated carbocycles. The Bertz CT molecular complexity index is 497. The second-order valence-electron chi connectivity index (χ2n) is 8.07. The molecule has 1 N–H and O–H groups in total. The first kappa shape index (κ1) is 24.7. The maximum absolute atomic E-state index is 12.1. The minimum atomic E-state index is -0.788. The molecule has 0 radical (unpaired) electrons. The van der Waals surface area contributed by atoms with E-state index in [9.17, 15) is 9.90 Å². The summed E-state index contributed by atoms with van der Waals surface area (Å²) in [6, 6.07) is 0. The van der Waals surface area contributed by atoms with Gasteiger partial charge in [0, 0.05) is 13.0 Å². The third kappa shape index (κ3) is 7.27. The minimum absolute atomic E-state index is 0.0236. The lowest BCUT2D eigenvalue weighted by atomic mass is 9.70. The third-order valence-electron chi connectivity index (χ3n) is 6.10. The van der Waals surface area contributed by atoms with Gasteiger partial charge in [-0.05, 0) is 31.1 Å². The normalized spacial score (nSPS) is 22.7. The highest BCUT2D eigenvalue weighted by molar-refractivity contribution is 5.72. The summed E-state index contributed by atoms with van der Waals surface area (Å²) in [5.41, 5.74) is -0.788. The average Bonchev–Trinajstić information content (AvgIpc) is 2.70. The number of unbranched alkanes of at least 4 members (excludes halogenated alkanes) is 8. The van der Waals surface area contributed by atoms with Crippen LogP contribution in [0.4, 0.5) is 0 Å². The van der Waals surface area contributed by atoms with E-state index in [0.717, 1.165) is 31.4 Å². The van der Waals surface area contributed by atoms with E-state index < -0.39 is 17.5 Å². The van der Waals surface area contributed by atoms with E-state index in [4.69, 9.17) is 9.47 Å². The number of hydrogen-bond donors (Lipinski definition) is 1. The summed E-state index contributed by atoms with van der Waals surface area (Å²) in [5, 5.41) is 9.94. The molecule has 0 aliphatic heterocycles. The molecule has 0 bridgehead atoms. The number of carboxylic acids is 1. The molecular weight excluding hydrogens is 352 g/mol. The zero-order chi connectivity index (χ0) is 20.8. The second-order valence-corrected chi connectivity index (χ2v) is 8.07. The lowest BCUT2D eigenvalue weighted by molar-refractivity contribution is -0.155. The predicted octanol–water partition coefficient (Wildman–Crippen LogP) is 6.51. The van der Waals surface area contributed by atoms with Crippen LogP contribution in [0.15, 0.2) is 24.0 Å². The highest BCUT2D eigenvalue weighted by Crippen LogP contribution is 2.42. The van der Waals surface area contributed by atoms with Crippen LogP contribution >= 0.6 is 0 Å². The van der Waals surface area contributed by atoms with Gasteiger partial charge in [-0.2, -0.15) is 0 Å². The first-order chi connectivity index (χ1) is 13.6. The van der Waals surface area contributed by atoms with Gasteiger partial charge >= 0.3 is 5.97 Å². The van der Waals surface area contributed by atoms with Gasteiger partial charge in [-0.3, -0.25) is 4.79 Å². The average molecular weight is 395 g/mol. The number of ether oxygens (including phenoxy) is 2. The molecule has 0 aromatic rings. The van der Waals surface area contributed by atoms with Crippen LogP contribution < -0.4 is 0 Å². The quantitative estimate of drug-likeness (QED) is 0.303. The number of aliphatic carboxylic acids is 1. The number of hydrogen-bond acceptors (Lipinski definition) is 3. The van der Waals surface area contributed by atoms with Crippen molar-refractivity contribution >= 4 is 5.97 Å². The molecule has 3 atom stereocenters. The van der Waals surface area contributed by atoms with Crippen LogP contribution in [0, 0.1) is 11.8 Å². The molecular formula is C24H42O4. The fraction of sp³-hybridized carbons (Fsp3) is 0.792. The molecule has 0 aromatic heterocycles. The van der Waals surface area contributed by atoms with Crippen molar-refractivity contribution < 1.29 is 19.4 Å². The van der Waals surface area contributed by atoms with Crippen LogP contribution in [0.2, 0.25) is 0 Å². The summed E-state index contributed by atoms with van der Waals surface area (Å²) < 4.78 is 11.4. The van der Waals surface area contributed by atoms with Gasteiger partial charge in [0.05, 0.1) is 13.0 Å². The van der Waals surface area contributed by atoms with E-state index in [1.54, 1.807) is 14.2 Å². The van der Waals surface area contributed by atoms with Crippen molar-refractivity contribution in [2.45, 2.75) is 96.5 Å². The Hall–Kier alpha value is -1.29. The molecule has 1 rings (SSSR count). The monoisotopic (exact) mass is 394 g/mol. The van der Waals surface area contributed by atoms with E-state index in [2.05, 4.69) is 19.9 Å². The summed E-state index contributed by atoms with van der Waals surface area (Å²) in [6.07, 6.45) is 19.4. The topological polar surface area (TPSA) is 55.8 Å². The van der Waals surface area contributed by atoms with E-state index >= 15 is 0 Å². The Morgan fingerprint density at radius 2 is 1.64 bits per heavy atom. The van der Waals surface area contributed by atoms with Gasteiger partial charge in [-0.25, -0.2) is 0 Å². The molecule has 3 unspecified atom stereocenters. The number of carboxylic acid groups (broad SMARTS) is 1. The van der Waals surface area contributed by atoms with Gasteiger partial charge < -0.3 is 14.6 Å². The second kappa shape index (κ2) is 13.8. The van der Waals surface area contributed by atoms with E-state index in [-0.39, 0.29) is 5.92 Å². The lowest BCUT2D eigenvalue weighted by Gasteiger charge is -2.42. The Morgan fingerprint density at radius 3 is 2.18 bits per heavy atom. The fourth-order valence-corrected chi connectivity index (χ4v) is 4.35. The summed E-state index contributed by atoms with van der Waals surface area (Å²) in [4.78, 5) is 12.1. The Balaban J connectivity index is 2.76.